The topological polar surface area (TPSA) is 82.6 Å². The van der Waals surface area contributed by atoms with Crippen LogP contribution in [0.1, 0.15) is 27.2 Å². The molecule has 0 aliphatic heterocycles. The van der Waals surface area contributed by atoms with Crippen LogP contribution in [0.25, 0.3) is 10.2 Å². The van der Waals surface area contributed by atoms with Crippen molar-refractivity contribution in [3.05, 3.63) is 34.5 Å². The van der Waals surface area contributed by atoms with E-state index in [2.05, 4.69) is 15.3 Å². The first-order valence-electron chi connectivity index (χ1n) is 8.52. The third-order valence-electron chi connectivity index (χ3n) is 4.66. The van der Waals surface area contributed by atoms with Crippen LogP contribution >= 0.6 is 11.3 Å². The smallest absolute Gasteiger partial charge is 0.257 e. The number of carbonyl (C=O) groups is 1. The second-order valence-electron chi connectivity index (χ2n) is 6.13. The highest BCUT2D eigenvalue weighted by atomic mass is 32.1. The van der Waals surface area contributed by atoms with Crippen LogP contribution in [0, 0.1) is 0 Å². The zero-order valence-electron chi connectivity index (χ0n) is 15.3. The molecule has 1 N–H and O–H groups in total. The molecule has 1 aliphatic carbocycles. The largest absolute Gasteiger partial charge is 0.493 e. The first-order valence-corrected chi connectivity index (χ1v) is 9.34. The fraction of sp³-hybridized carbons (Fsp3) is 0.316. The molecule has 0 saturated carbocycles. The molecule has 2 aromatic heterocycles. The van der Waals surface area contributed by atoms with Crippen molar-refractivity contribution in [1.82, 2.24) is 9.97 Å². The highest BCUT2D eigenvalue weighted by Gasteiger charge is 2.23. The van der Waals surface area contributed by atoms with Gasteiger partial charge in [0.25, 0.3) is 5.91 Å². The number of hydrogen-bond acceptors (Lipinski definition) is 7. The molecule has 0 fully saturated rings. The Balaban J connectivity index is 1.72. The van der Waals surface area contributed by atoms with Crippen molar-refractivity contribution >= 4 is 33.3 Å². The Morgan fingerprint density at radius 2 is 1.81 bits per heavy atom. The molecule has 8 heteroatoms. The summed E-state index contributed by atoms with van der Waals surface area (Å²) in [7, 11) is 4.55. The number of nitrogens with zero attached hydrogens (tertiary/aromatic N) is 2. The third kappa shape index (κ3) is 2.95. The number of hydrogen-bond donors (Lipinski definition) is 1. The molecular weight excluding hydrogens is 366 g/mol. The summed E-state index contributed by atoms with van der Waals surface area (Å²) in [6.45, 7) is 0. The van der Waals surface area contributed by atoms with Crippen LogP contribution in [0.4, 0.5) is 5.82 Å². The van der Waals surface area contributed by atoms with Crippen molar-refractivity contribution in [1.29, 1.82) is 0 Å². The summed E-state index contributed by atoms with van der Waals surface area (Å²) >= 11 is 1.68. The molecule has 0 radical (unpaired) electrons. The number of rotatable bonds is 5. The fourth-order valence-corrected chi connectivity index (χ4v) is 4.64. The second kappa shape index (κ2) is 7.03. The maximum atomic E-state index is 12.9. The molecule has 7 nitrogen and oxygen atoms in total. The SMILES string of the molecule is COc1cc(C(=O)Nc2ncnc3sc4c(c23)CCC4)cc(OC)c1OC. The summed E-state index contributed by atoms with van der Waals surface area (Å²) in [5, 5.41) is 3.88. The fourth-order valence-electron chi connectivity index (χ4n) is 3.42. The number of fused-ring (bicyclic) bond motifs is 3. The highest BCUT2D eigenvalue weighted by Crippen LogP contribution is 2.40. The summed E-state index contributed by atoms with van der Waals surface area (Å²) in [4.78, 5) is 23.8. The van der Waals surface area contributed by atoms with Gasteiger partial charge in [0, 0.05) is 10.4 Å². The van der Waals surface area contributed by atoms with Crippen LogP contribution in [0.2, 0.25) is 0 Å². The minimum absolute atomic E-state index is 0.299. The van der Waals surface area contributed by atoms with Crippen molar-refractivity contribution < 1.29 is 19.0 Å². The van der Waals surface area contributed by atoms with Gasteiger partial charge in [0.1, 0.15) is 17.0 Å². The lowest BCUT2D eigenvalue weighted by Gasteiger charge is -2.14. The van der Waals surface area contributed by atoms with E-state index in [1.165, 1.54) is 38.1 Å². The number of nitrogens with one attached hydrogen (secondary N) is 1. The highest BCUT2D eigenvalue weighted by molar-refractivity contribution is 7.19. The van der Waals surface area contributed by atoms with Gasteiger partial charge in [-0.1, -0.05) is 0 Å². The van der Waals surface area contributed by atoms with Crippen LogP contribution in [0.5, 0.6) is 17.2 Å². The molecule has 2 heterocycles. The Labute approximate surface area is 160 Å². The van der Waals surface area contributed by atoms with E-state index in [-0.39, 0.29) is 5.91 Å². The van der Waals surface area contributed by atoms with Gasteiger partial charge in [0.2, 0.25) is 5.75 Å². The molecule has 4 rings (SSSR count). The number of carbonyl (C=O) groups excluding carboxylic acids is 1. The third-order valence-corrected chi connectivity index (χ3v) is 5.86. The first kappa shape index (κ1) is 17.5. The molecular formula is C19H19N3O4S. The van der Waals surface area contributed by atoms with Gasteiger partial charge >= 0.3 is 0 Å². The Hall–Kier alpha value is -2.87. The monoisotopic (exact) mass is 385 g/mol. The van der Waals surface area contributed by atoms with Gasteiger partial charge in [0.15, 0.2) is 11.5 Å². The van der Waals surface area contributed by atoms with E-state index >= 15 is 0 Å². The number of methoxy groups -OCH3 is 3. The molecule has 0 unspecified atom stereocenters. The summed E-state index contributed by atoms with van der Waals surface area (Å²) in [6, 6.07) is 3.24. The molecule has 1 aromatic carbocycles. The lowest BCUT2D eigenvalue weighted by atomic mass is 10.1. The number of thiophene rings is 1. The minimum Gasteiger partial charge on any atom is -0.493 e. The van der Waals surface area contributed by atoms with Crippen LogP contribution in [-0.2, 0) is 12.8 Å². The number of anilines is 1. The molecule has 140 valence electrons. The maximum Gasteiger partial charge on any atom is 0.257 e. The van der Waals surface area contributed by atoms with Gasteiger partial charge in [0.05, 0.1) is 26.7 Å². The van der Waals surface area contributed by atoms with Crippen molar-refractivity contribution in [2.24, 2.45) is 0 Å². The van der Waals surface area contributed by atoms with Crippen LogP contribution in [0.3, 0.4) is 0 Å². The van der Waals surface area contributed by atoms with E-state index in [9.17, 15) is 4.79 Å². The lowest BCUT2D eigenvalue weighted by molar-refractivity contribution is 0.102. The predicted octanol–water partition coefficient (Wildman–Crippen LogP) is 3.46. The average molecular weight is 385 g/mol. The molecule has 0 atom stereocenters. The van der Waals surface area contributed by atoms with Crippen LogP contribution in [0.15, 0.2) is 18.5 Å². The number of aryl methyl sites for hydroxylation is 2. The number of benzene rings is 1. The Morgan fingerprint density at radius 1 is 1.07 bits per heavy atom. The second-order valence-corrected chi connectivity index (χ2v) is 7.21. The van der Waals surface area contributed by atoms with E-state index in [1.807, 2.05) is 0 Å². The van der Waals surface area contributed by atoms with Gasteiger partial charge in [-0.2, -0.15) is 0 Å². The molecule has 0 spiro atoms. The van der Waals surface area contributed by atoms with E-state index in [0.717, 1.165) is 29.5 Å². The standard InChI is InChI=1S/C19H19N3O4S/c1-24-12-7-10(8-13(25-2)16(12)26-3)18(23)22-17-15-11-5-4-6-14(11)27-19(15)21-9-20-17/h7-9H,4-6H2,1-3H3,(H,20,21,22,23). The van der Waals surface area contributed by atoms with E-state index < -0.39 is 0 Å². The van der Waals surface area contributed by atoms with Crippen molar-refractivity contribution in [2.75, 3.05) is 26.6 Å². The van der Waals surface area contributed by atoms with Crippen molar-refractivity contribution in [3.8, 4) is 17.2 Å². The van der Waals surface area contributed by atoms with Crippen molar-refractivity contribution in [2.45, 2.75) is 19.3 Å². The molecule has 0 saturated heterocycles. The van der Waals surface area contributed by atoms with Crippen LogP contribution < -0.4 is 19.5 Å². The van der Waals surface area contributed by atoms with Gasteiger partial charge in [-0.15, -0.1) is 11.3 Å². The molecule has 1 amide bonds. The molecule has 27 heavy (non-hydrogen) atoms. The maximum absolute atomic E-state index is 12.9. The lowest BCUT2D eigenvalue weighted by Crippen LogP contribution is -2.14. The zero-order chi connectivity index (χ0) is 19.0. The van der Waals surface area contributed by atoms with Gasteiger partial charge < -0.3 is 19.5 Å². The zero-order valence-corrected chi connectivity index (χ0v) is 16.1. The van der Waals surface area contributed by atoms with E-state index in [4.69, 9.17) is 14.2 Å². The van der Waals surface area contributed by atoms with Crippen LogP contribution in [-0.4, -0.2) is 37.2 Å². The Bertz CT molecular complexity index is 1010. The summed E-state index contributed by atoms with van der Waals surface area (Å²) in [5.41, 5.74) is 1.65. The van der Waals surface area contributed by atoms with Gasteiger partial charge in [-0.25, -0.2) is 9.97 Å². The van der Waals surface area contributed by atoms with Gasteiger partial charge in [-0.3, -0.25) is 4.79 Å². The normalized spacial score (nSPS) is 12.7. The number of amides is 1. The first-order chi connectivity index (χ1) is 13.2. The molecule has 1 aliphatic rings. The van der Waals surface area contributed by atoms with E-state index in [0.29, 0.717) is 28.6 Å². The Morgan fingerprint density at radius 3 is 2.48 bits per heavy atom. The van der Waals surface area contributed by atoms with Gasteiger partial charge in [-0.05, 0) is 37.0 Å². The number of aromatic nitrogens is 2. The quantitative estimate of drug-likeness (QED) is 0.724. The summed E-state index contributed by atoms with van der Waals surface area (Å²) < 4.78 is 16.0. The average Bonchev–Trinajstić information content (AvgIpc) is 3.27. The minimum atomic E-state index is -0.299. The molecule has 0 bridgehead atoms. The summed E-state index contributed by atoms with van der Waals surface area (Å²) in [5.74, 6) is 1.53. The number of ether oxygens (including phenoxy) is 3. The predicted molar refractivity (Wildman–Crippen MR) is 103 cm³/mol. The van der Waals surface area contributed by atoms with Crippen molar-refractivity contribution in [3.63, 3.8) is 0 Å². The van der Waals surface area contributed by atoms with E-state index in [1.54, 1.807) is 23.5 Å². The molecule has 3 aromatic rings. The Kier molecular flexibility index (Phi) is 4.57. The summed E-state index contributed by atoms with van der Waals surface area (Å²) in [6.07, 6.45) is 4.68.